The van der Waals surface area contributed by atoms with Crippen molar-refractivity contribution in [3.8, 4) is 0 Å². The van der Waals surface area contributed by atoms with E-state index in [0.29, 0.717) is 31.6 Å². The van der Waals surface area contributed by atoms with Gasteiger partial charge >= 0.3 is 0 Å². The summed E-state index contributed by atoms with van der Waals surface area (Å²) < 4.78 is 19.2. The summed E-state index contributed by atoms with van der Waals surface area (Å²) >= 11 is 0. The van der Waals surface area contributed by atoms with E-state index in [0.717, 1.165) is 12.8 Å². The fourth-order valence-electron chi connectivity index (χ4n) is 3.02. The number of amides is 1. The van der Waals surface area contributed by atoms with Crippen LogP contribution in [0.15, 0.2) is 24.3 Å². The van der Waals surface area contributed by atoms with Crippen molar-refractivity contribution in [2.75, 3.05) is 26.4 Å². The van der Waals surface area contributed by atoms with Gasteiger partial charge in [-0.05, 0) is 18.9 Å². The first-order valence-corrected chi connectivity index (χ1v) is 7.42. The minimum atomic E-state index is -0.748. The standard InChI is InChI=1S/C16H22FNO3/c17-14-6-2-1-5-13(14)16(7-3-4-8-16)15(20)18-9-11-21-12-10-19/h1-2,5-6,19H,3-4,7-12H2,(H,18,20). The van der Waals surface area contributed by atoms with Crippen LogP contribution in [0.5, 0.6) is 0 Å². The first-order chi connectivity index (χ1) is 10.2. The molecule has 21 heavy (non-hydrogen) atoms. The number of hydrogen-bond donors (Lipinski definition) is 2. The van der Waals surface area contributed by atoms with E-state index in [1.54, 1.807) is 18.2 Å². The maximum Gasteiger partial charge on any atom is 0.230 e. The van der Waals surface area contributed by atoms with Crippen LogP contribution in [0.1, 0.15) is 31.2 Å². The van der Waals surface area contributed by atoms with Gasteiger partial charge in [0, 0.05) is 12.1 Å². The summed E-state index contributed by atoms with van der Waals surface area (Å²) in [6, 6.07) is 6.54. The molecule has 0 spiro atoms. The Morgan fingerprint density at radius 1 is 1.29 bits per heavy atom. The number of carbonyl (C=O) groups is 1. The molecule has 1 aliphatic rings. The van der Waals surface area contributed by atoms with Crippen LogP contribution in [0.25, 0.3) is 0 Å². The van der Waals surface area contributed by atoms with Crippen LogP contribution in [0.3, 0.4) is 0 Å². The van der Waals surface area contributed by atoms with Gasteiger partial charge in [0.25, 0.3) is 0 Å². The average Bonchev–Trinajstić information content (AvgIpc) is 2.98. The fraction of sp³-hybridized carbons (Fsp3) is 0.562. The molecule has 5 heteroatoms. The fourth-order valence-corrected chi connectivity index (χ4v) is 3.02. The Balaban J connectivity index is 2.05. The van der Waals surface area contributed by atoms with Gasteiger partial charge in [-0.25, -0.2) is 4.39 Å². The Morgan fingerprint density at radius 2 is 2.00 bits per heavy atom. The third-order valence-electron chi connectivity index (χ3n) is 4.05. The Kier molecular flexibility index (Phi) is 5.70. The second-order valence-corrected chi connectivity index (χ2v) is 5.36. The van der Waals surface area contributed by atoms with Crippen LogP contribution in [0, 0.1) is 5.82 Å². The summed E-state index contributed by atoms with van der Waals surface area (Å²) in [6.45, 7) is 0.941. The summed E-state index contributed by atoms with van der Waals surface area (Å²) in [4.78, 5) is 12.6. The van der Waals surface area contributed by atoms with E-state index in [1.807, 2.05) is 0 Å². The van der Waals surface area contributed by atoms with Gasteiger partial charge in [-0.3, -0.25) is 4.79 Å². The number of aliphatic hydroxyl groups is 1. The number of benzene rings is 1. The summed E-state index contributed by atoms with van der Waals surface area (Å²) in [5.74, 6) is -0.441. The van der Waals surface area contributed by atoms with Gasteiger partial charge in [0.15, 0.2) is 0 Å². The number of rotatable bonds is 7. The Morgan fingerprint density at radius 3 is 2.67 bits per heavy atom. The van der Waals surface area contributed by atoms with Crippen molar-refractivity contribution in [1.82, 2.24) is 5.32 Å². The highest BCUT2D eigenvalue weighted by Gasteiger charge is 2.44. The molecule has 1 aliphatic carbocycles. The molecule has 1 saturated carbocycles. The van der Waals surface area contributed by atoms with Crippen molar-refractivity contribution in [3.63, 3.8) is 0 Å². The van der Waals surface area contributed by atoms with E-state index in [2.05, 4.69) is 5.32 Å². The van der Waals surface area contributed by atoms with Gasteiger partial charge in [-0.15, -0.1) is 0 Å². The molecule has 0 aliphatic heterocycles. The first kappa shape index (κ1) is 15.9. The SMILES string of the molecule is O=C(NCCOCCO)C1(c2ccccc2F)CCCC1. The molecule has 1 amide bonds. The molecule has 1 aromatic rings. The zero-order valence-corrected chi connectivity index (χ0v) is 12.1. The largest absolute Gasteiger partial charge is 0.394 e. The van der Waals surface area contributed by atoms with Crippen LogP contribution in [-0.4, -0.2) is 37.4 Å². The predicted octanol–water partition coefficient (Wildman–Crippen LogP) is 1.76. The maximum absolute atomic E-state index is 14.1. The predicted molar refractivity (Wildman–Crippen MR) is 77.5 cm³/mol. The molecular formula is C16H22FNO3. The summed E-state index contributed by atoms with van der Waals surface area (Å²) in [5.41, 5.74) is -0.251. The number of ether oxygens (including phenoxy) is 1. The number of carbonyl (C=O) groups excluding carboxylic acids is 1. The normalized spacial score (nSPS) is 16.9. The number of hydrogen-bond acceptors (Lipinski definition) is 3. The van der Waals surface area contributed by atoms with Crippen molar-refractivity contribution in [2.45, 2.75) is 31.1 Å². The Labute approximate surface area is 124 Å². The third kappa shape index (κ3) is 3.60. The molecular weight excluding hydrogens is 273 g/mol. The lowest BCUT2D eigenvalue weighted by molar-refractivity contribution is -0.127. The molecule has 0 saturated heterocycles. The van der Waals surface area contributed by atoms with Crippen molar-refractivity contribution in [3.05, 3.63) is 35.6 Å². The Hall–Kier alpha value is -1.46. The van der Waals surface area contributed by atoms with Crippen LogP contribution in [0.4, 0.5) is 4.39 Å². The summed E-state index contributed by atoms with van der Waals surface area (Å²) in [7, 11) is 0. The molecule has 0 bridgehead atoms. The van der Waals surface area contributed by atoms with E-state index < -0.39 is 5.41 Å². The van der Waals surface area contributed by atoms with Crippen LogP contribution >= 0.6 is 0 Å². The second kappa shape index (κ2) is 7.52. The minimum Gasteiger partial charge on any atom is -0.394 e. The van der Waals surface area contributed by atoms with E-state index >= 15 is 0 Å². The van der Waals surface area contributed by atoms with E-state index in [1.165, 1.54) is 6.07 Å². The average molecular weight is 295 g/mol. The molecule has 4 nitrogen and oxygen atoms in total. The van der Waals surface area contributed by atoms with Gasteiger partial charge in [0.05, 0.1) is 25.2 Å². The van der Waals surface area contributed by atoms with Crippen LogP contribution in [0.2, 0.25) is 0 Å². The van der Waals surface area contributed by atoms with E-state index in [-0.39, 0.29) is 24.9 Å². The molecule has 116 valence electrons. The highest BCUT2D eigenvalue weighted by molar-refractivity contribution is 5.88. The molecule has 0 heterocycles. The van der Waals surface area contributed by atoms with Gasteiger partial charge in [-0.2, -0.15) is 0 Å². The van der Waals surface area contributed by atoms with Gasteiger partial charge < -0.3 is 15.2 Å². The molecule has 0 radical (unpaired) electrons. The molecule has 0 atom stereocenters. The summed E-state index contributed by atoms with van der Waals surface area (Å²) in [5, 5.41) is 11.5. The molecule has 2 N–H and O–H groups in total. The molecule has 1 aromatic carbocycles. The number of nitrogens with one attached hydrogen (secondary N) is 1. The minimum absolute atomic E-state index is 0.0346. The smallest absolute Gasteiger partial charge is 0.230 e. The van der Waals surface area contributed by atoms with Crippen molar-refractivity contribution in [1.29, 1.82) is 0 Å². The van der Waals surface area contributed by atoms with Gasteiger partial charge in [0.1, 0.15) is 5.82 Å². The van der Waals surface area contributed by atoms with Crippen LogP contribution < -0.4 is 5.32 Å². The number of aliphatic hydroxyl groups excluding tert-OH is 1. The second-order valence-electron chi connectivity index (χ2n) is 5.36. The molecule has 1 fully saturated rings. The lowest BCUT2D eigenvalue weighted by Gasteiger charge is -2.28. The third-order valence-corrected chi connectivity index (χ3v) is 4.05. The Bertz CT molecular complexity index is 472. The molecule has 2 rings (SSSR count). The topological polar surface area (TPSA) is 58.6 Å². The lowest BCUT2D eigenvalue weighted by atomic mass is 9.77. The zero-order valence-electron chi connectivity index (χ0n) is 12.1. The van der Waals surface area contributed by atoms with Crippen molar-refractivity contribution in [2.24, 2.45) is 0 Å². The summed E-state index contributed by atoms with van der Waals surface area (Å²) in [6.07, 6.45) is 3.22. The quantitative estimate of drug-likeness (QED) is 0.754. The first-order valence-electron chi connectivity index (χ1n) is 7.42. The van der Waals surface area contributed by atoms with E-state index in [9.17, 15) is 9.18 Å². The van der Waals surface area contributed by atoms with Crippen LogP contribution in [-0.2, 0) is 14.9 Å². The lowest BCUT2D eigenvalue weighted by Crippen LogP contribution is -2.44. The highest BCUT2D eigenvalue weighted by atomic mass is 19.1. The molecule has 0 unspecified atom stereocenters. The maximum atomic E-state index is 14.1. The van der Waals surface area contributed by atoms with Crippen molar-refractivity contribution < 1.29 is 19.0 Å². The monoisotopic (exact) mass is 295 g/mol. The van der Waals surface area contributed by atoms with E-state index in [4.69, 9.17) is 9.84 Å². The van der Waals surface area contributed by atoms with Crippen molar-refractivity contribution >= 4 is 5.91 Å². The molecule has 0 aromatic heterocycles. The zero-order chi connectivity index (χ0) is 15.1. The number of halogens is 1. The highest BCUT2D eigenvalue weighted by Crippen LogP contribution is 2.42. The van der Waals surface area contributed by atoms with Gasteiger partial charge in [0.2, 0.25) is 5.91 Å². The van der Waals surface area contributed by atoms with Gasteiger partial charge in [-0.1, -0.05) is 31.0 Å².